The average molecular weight is 347 g/mol. The number of carbonyl (C=O) groups is 1. The summed E-state index contributed by atoms with van der Waals surface area (Å²) in [6.07, 6.45) is 1.16. The van der Waals surface area contributed by atoms with Gasteiger partial charge < -0.3 is 20.1 Å². The van der Waals surface area contributed by atoms with Gasteiger partial charge in [0, 0.05) is 5.92 Å². The number of aliphatic hydroxyl groups excluding tert-OH is 1. The molecule has 25 heavy (non-hydrogen) atoms. The fourth-order valence-corrected chi connectivity index (χ4v) is 3.05. The SMILES string of the molecule is C=C1[C@@H](O)[C@@H](COC(=O)C(C)C)C[C@@H]1n1cnc2c(=O)[nH]c(N)nc21. The molecule has 0 unspecified atom stereocenters. The van der Waals surface area contributed by atoms with Crippen molar-refractivity contribution in [3.05, 3.63) is 28.8 Å². The van der Waals surface area contributed by atoms with Gasteiger partial charge in [0.2, 0.25) is 5.95 Å². The predicted octanol–water partition coefficient (Wildman–Crippen LogP) is 0.379. The highest BCUT2D eigenvalue weighted by Crippen LogP contribution is 2.39. The summed E-state index contributed by atoms with van der Waals surface area (Å²) in [6, 6.07) is -0.309. The standard InChI is InChI=1S/C16H21N5O4/c1-7(2)15(24)25-5-9-4-10(8(3)12(9)22)21-6-18-11-13(21)19-16(17)20-14(11)23/h6-7,9-10,12,22H,3-5H2,1-2H3,(H3,17,19,20,23)/t9-,10+,12-/m1/s1. The number of aromatic nitrogens is 4. The highest BCUT2D eigenvalue weighted by atomic mass is 16.5. The molecule has 1 saturated carbocycles. The maximum absolute atomic E-state index is 11.9. The van der Waals surface area contributed by atoms with Crippen molar-refractivity contribution in [1.29, 1.82) is 0 Å². The first kappa shape index (κ1) is 17.2. The fraction of sp³-hybridized carbons (Fsp3) is 0.500. The molecule has 2 heterocycles. The number of esters is 1. The van der Waals surface area contributed by atoms with E-state index >= 15 is 0 Å². The van der Waals surface area contributed by atoms with Crippen molar-refractivity contribution in [1.82, 2.24) is 19.5 Å². The molecule has 2 aromatic heterocycles. The molecule has 9 heteroatoms. The lowest BCUT2D eigenvalue weighted by atomic mass is 10.1. The van der Waals surface area contributed by atoms with Crippen molar-refractivity contribution in [2.24, 2.45) is 11.8 Å². The summed E-state index contributed by atoms with van der Waals surface area (Å²) in [4.78, 5) is 34.2. The molecule has 1 aliphatic rings. The summed E-state index contributed by atoms with van der Waals surface area (Å²) in [6.45, 7) is 7.56. The van der Waals surface area contributed by atoms with Gasteiger partial charge in [-0.25, -0.2) is 4.98 Å². The number of nitrogens with one attached hydrogen (secondary N) is 1. The summed E-state index contributed by atoms with van der Waals surface area (Å²) in [7, 11) is 0. The monoisotopic (exact) mass is 347 g/mol. The van der Waals surface area contributed by atoms with E-state index < -0.39 is 11.7 Å². The molecular weight excluding hydrogens is 326 g/mol. The first-order chi connectivity index (χ1) is 11.8. The van der Waals surface area contributed by atoms with Gasteiger partial charge in [-0.2, -0.15) is 4.98 Å². The number of anilines is 1. The summed E-state index contributed by atoms with van der Waals surface area (Å²) in [5.74, 6) is -0.827. The Kier molecular flexibility index (Phi) is 4.34. The lowest BCUT2D eigenvalue weighted by Gasteiger charge is -2.15. The molecule has 0 bridgehead atoms. The second-order valence-corrected chi connectivity index (χ2v) is 6.59. The van der Waals surface area contributed by atoms with E-state index in [1.165, 1.54) is 6.33 Å². The van der Waals surface area contributed by atoms with E-state index in [1.54, 1.807) is 18.4 Å². The number of hydrogen-bond donors (Lipinski definition) is 3. The maximum Gasteiger partial charge on any atom is 0.308 e. The highest BCUT2D eigenvalue weighted by molar-refractivity contribution is 5.71. The number of aromatic amines is 1. The minimum atomic E-state index is -0.818. The summed E-state index contributed by atoms with van der Waals surface area (Å²) in [5.41, 5.74) is 6.26. The minimum Gasteiger partial charge on any atom is -0.465 e. The zero-order valence-electron chi connectivity index (χ0n) is 14.1. The Bertz CT molecular complexity index is 884. The summed E-state index contributed by atoms with van der Waals surface area (Å²) in [5, 5.41) is 10.4. The van der Waals surface area contributed by atoms with E-state index in [0.29, 0.717) is 17.6 Å². The van der Waals surface area contributed by atoms with Gasteiger partial charge in [-0.1, -0.05) is 20.4 Å². The Morgan fingerprint density at radius 2 is 2.32 bits per heavy atom. The number of fused-ring (bicyclic) bond motifs is 1. The third-order valence-electron chi connectivity index (χ3n) is 4.48. The molecule has 3 rings (SSSR count). The maximum atomic E-state index is 11.9. The smallest absolute Gasteiger partial charge is 0.308 e. The first-order valence-corrected chi connectivity index (χ1v) is 8.05. The first-order valence-electron chi connectivity index (χ1n) is 8.05. The molecule has 0 radical (unpaired) electrons. The van der Waals surface area contributed by atoms with E-state index in [0.717, 1.165) is 0 Å². The van der Waals surface area contributed by atoms with Crippen LogP contribution in [0.3, 0.4) is 0 Å². The van der Waals surface area contributed by atoms with Crippen LogP contribution in [-0.4, -0.2) is 43.3 Å². The van der Waals surface area contributed by atoms with Crippen LogP contribution in [0.5, 0.6) is 0 Å². The highest BCUT2D eigenvalue weighted by Gasteiger charge is 2.39. The molecule has 0 aromatic carbocycles. The van der Waals surface area contributed by atoms with Crippen LogP contribution in [0.4, 0.5) is 5.95 Å². The van der Waals surface area contributed by atoms with Crippen LogP contribution in [0.2, 0.25) is 0 Å². The van der Waals surface area contributed by atoms with Gasteiger partial charge in [0.15, 0.2) is 11.2 Å². The fourth-order valence-electron chi connectivity index (χ4n) is 3.05. The van der Waals surface area contributed by atoms with Crippen LogP contribution in [0.15, 0.2) is 23.3 Å². The molecule has 0 aliphatic heterocycles. The van der Waals surface area contributed by atoms with Crippen molar-refractivity contribution < 1.29 is 14.6 Å². The van der Waals surface area contributed by atoms with Crippen LogP contribution in [0.1, 0.15) is 26.3 Å². The minimum absolute atomic E-state index is 0.00850. The number of ether oxygens (including phenoxy) is 1. The lowest BCUT2D eigenvalue weighted by Crippen LogP contribution is -2.23. The third-order valence-corrected chi connectivity index (χ3v) is 4.48. The number of nitrogens with two attached hydrogens (primary N) is 1. The number of aliphatic hydroxyl groups is 1. The Labute approximate surface area is 143 Å². The molecular formula is C16H21N5O4. The Hall–Kier alpha value is -2.68. The van der Waals surface area contributed by atoms with E-state index in [9.17, 15) is 14.7 Å². The van der Waals surface area contributed by atoms with Gasteiger partial charge in [0.05, 0.1) is 31.0 Å². The second kappa shape index (κ2) is 6.32. The molecule has 4 N–H and O–H groups in total. The number of hydrogen-bond acceptors (Lipinski definition) is 7. The van der Waals surface area contributed by atoms with Crippen LogP contribution >= 0.6 is 0 Å². The Balaban J connectivity index is 1.85. The van der Waals surface area contributed by atoms with Crippen molar-refractivity contribution in [3.63, 3.8) is 0 Å². The molecule has 0 saturated heterocycles. The summed E-state index contributed by atoms with van der Waals surface area (Å²) < 4.78 is 6.92. The van der Waals surface area contributed by atoms with Gasteiger partial charge in [-0.15, -0.1) is 0 Å². The molecule has 0 amide bonds. The second-order valence-electron chi connectivity index (χ2n) is 6.59. The quantitative estimate of drug-likeness (QED) is 0.537. The number of carbonyl (C=O) groups excluding carboxylic acids is 1. The number of imidazole rings is 1. The van der Waals surface area contributed by atoms with Crippen LogP contribution in [0, 0.1) is 11.8 Å². The van der Waals surface area contributed by atoms with Gasteiger partial charge in [0.1, 0.15) is 0 Å². The number of nitrogen functional groups attached to an aromatic ring is 1. The molecule has 3 atom stereocenters. The van der Waals surface area contributed by atoms with Gasteiger partial charge in [-0.05, 0) is 12.0 Å². The molecule has 2 aromatic rings. The zero-order chi connectivity index (χ0) is 18.3. The topological polar surface area (TPSA) is 136 Å². The van der Waals surface area contributed by atoms with E-state index in [4.69, 9.17) is 10.5 Å². The van der Waals surface area contributed by atoms with Crippen molar-refractivity contribution in [2.75, 3.05) is 12.3 Å². The van der Waals surface area contributed by atoms with Crippen molar-refractivity contribution in [3.8, 4) is 0 Å². The van der Waals surface area contributed by atoms with Crippen LogP contribution < -0.4 is 11.3 Å². The normalized spacial score (nSPS) is 23.5. The van der Waals surface area contributed by atoms with Gasteiger partial charge >= 0.3 is 5.97 Å². The van der Waals surface area contributed by atoms with Crippen molar-refractivity contribution >= 4 is 23.1 Å². The molecule has 1 fully saturated rings. The number of rotatable bonds is 4. The number of H-pyrrole nitrogens is 1. The predicted molar refractivity (Wildman–Crippen MR) is 90.6 cm³/mol. The largest absolute Gasteiger partial charge is 0.465 e. The van der Waals surface area contributed by atoms with Crippen LogP contribution in [-0.2, 0) is 9.53 Å². The van der Waals surface area contributed by atoms with Gasteiger partial charge in [0.25, 0.3) is 5.56 Å². The zero-order valence-corrected chi connectivity index (χ0v) is 14.1. The Morgan fingerprint density at radius 1 is 1.60 bits per heavy atom. The Morgan fingerprint density at radius 3 is 3.00 bits per heavy atom. The van der Waals surface area contributed by atoms with E-state index in [2.05, 4.69) is 21.5 Å². The third kappa shape index (κ3) is 3.02. The van der Waals surface area contributed by atoms with Crippen molar-refractivity contribution in [2.45, 2.75) is 32.4 Å². The lowest BCUT2D eigenvalue weighted by molar-refractivity contribution is -0.149. The molecule has 134 valence electrons. The van der Waals surface area contributed by atoms with E-state index in [-0.39, 0.29) is 41.9 Å². The molecule has 1 aliphatic carbocycles. The number of nitrogens with zero attached hydrogens (tertiary/aromatic N) is 3. The van der Waals surface area contributed by atoms with Crippen LogP contribution in [0.25, 0.3) is 11.2 Å². The average Bonchev–Trinajstić information content (AvgIpc) is 3.08. The summed E-state index contributed by atoms with van der Waals surface area (Å²) >= 11 is 0. The van der Waals surface area contributed by atoms with Gasteiger partial charge in [-0.3, -0.25) is 14.6 Å². The van der Waals surface area contributed by atoms with E-state index in [1.807, 2.05) is 0 Å². The molecule has 0 spiro atoms. The molecule has 9 nitrogen and oxygen atoms in total.